The highest BCUT2D eigenvalue weighted by Gasteiger charge is 2.60. The van der Waals surface area contributed by atoms with Crippen LogP contribution in [-0.4, -0.2) is 102 Å². The van der Waals surface area contributed by atoms with E-state index in [-0.39, 0.29) is 19.1 Å². The number of esters is 3. The average molecular weight is 655 g/mol. The molecule has 15 nitrogen and oxygen atoms in total. The van der Waals surface area contributed by atoms with Crippen LogP contribution in [0.2, 0.25) is 0 Å². The number of rotatable bonds is 10. The minimum absolute atomic E-state index is 0.0819. The van der Waals surface area contributed by atoms with Gasteiger partial charge in [0.1, 0.15) is 19.3 Å². The molecule has 2 N–H and O–H groups in total. The van der Waals surface area contributed by atoms with Crippen LogP contribution in [0.3, 0.4) is 0 Å². The van der Waals surface area contributed by atoms with Gasteiger partial charge in [0.05, 0.1) is 6.10 Å². The lowest BCUT2D eigenvalue weighted by atomic mass is 9.92. The third kappa shape index (κ3) is 6.84. The van der Waals surface area contributed by atoms with Crippen molar-refractivity contribution in [2.24, 2.45) is 0 Å². The van der Waals surface area contributed by atoms with Gasteiger partial charge >= 0.3 is 36.1 Å². The summed E-state index contributed by atoms with van der Waals surface area (Å²) < 4.78 is 32.9. The highest BCUT2D eigenvalue weighted by molar-refractivity contribution is 5.81. The Morgan fingerprint density at radius 3 is 1.96 bits per heavy atom. The molecular weight excluding hydrogens is 620 g/mol. The summed E-state index contributed by atoms with van der Waals surface area (Å²) in [4.78, 5) is 75.5. The molecule has 0 bridgehead atoms. The van der Waals surface area contributed by atoms with E-state index in [1.807, 2.05) is 48.5 Å². The fourth-order valence-electron chi connectivity index (χ4n) is 6.29. The lowest BCUT2D eigenvalue weighted by Gasteiger charge is -2.47. The number of hydrogen-bond donors (Lipinski definition) is 2. The number of carbonyl (C=O) groups is 6. The molecule has 3 aliphatic rings. The quantitative estimate of drug-likeness (QED) is 0.280. The standard InChI is InChI=1S/C32H34N2O13/c1-15(25(30(38)39)33-31(40)42-13-23-21-11-7-5-9-19(21)20-10-6-8-12-22(20)23)44-29-28(47-18(4)37)27(46-17(3)36)26(45-16(2)35)24-14-43-32(41)34(24)29/h5-12,15,23-29H,13-14H2,1-4H3,(H,33,40)(H,38,39)/t15-,24-,25+,26-,27+,28-,29-/m1/s1. The van der Waals surface area contributed by atoms with E-state index in [0.29, 0.717) is 0 Å². The van der Waals surface area contributed by atoms with Crippen molar-refractivity contribution in [1.29, 1.82) is 0 Å². The number of fused-ring (bicyclic) bond motifs is 4. The summed E-state index contributed by atoms with van der Waals surface area (Å²) in [5, 5.41) is 12.4. The second kappa shape index (κ2) is 13.7. The van der Waals surface area contributed by atoms with Crippen molar-refractivity contribution < 1.29 is 62.3 Å². The number of aliphatic carboxylic acids is 1. The van der Waals surface area contributed by atoms with Crippen LogP contribution >= 0.6 is 0 Å². The van der Waals surface area contributed by atoms with Gasteiger partial charge in [0, 0.05) is 26.7 Å². The fraction of sp³-hybridized carbons (Fsp3) is 0.438. The summed E-state index contributed by atoms with van der Waals surface area (Å²) in [6.45, 7) is 4.15. The first-order chi connectivity index (χ1) is 22.4. The van der Waals surface area contributed by atoms with Crippen LogP contribution in [0.4, 0.5) is 9.59 Å². The van der Waals surface area contributed by atoms with Gasteiger partial charge < -0.3 is 38.8 Å². The summed E-state index contributed by atoms with van der Waals surface area (Å²) in [5.74, 6) is -4.25. The van der Waals surface area contributed by atoms with E-state index in [9.17, 15) is 33.9 Å². The largest absolute Gasteiger partial charge is 0.480 e. The molecule has 2 aromatic carbocycles. The molecule has 7 atom stereocenters. The predicted octanol–water partition coefficient (Wildman–Crippen LogP) is 2.34. The van der Waals surface area contributed by atoms with Crippen LogP contribution in [-0.2, 0) is 47.6 Å². The molecule has 0 aromatic heterocycles. The van der Waals surface area contributed by atoms with E-state index in [1.165, 1.54) is 6.92 Å². The number of carbonyl (C=O) groups excluding carboxylic acids is 5. The van der Waals surface area contributed by atoms with Gasteiger partial charge in [0.25, 0.3) is 0 Å². The monoisotopic (exact) mass is 654 g/mol. The maximum absolute atomic E-state index is 13.0. The Balaban J connectivity index is 1.35. The van der Waals surface area contributed by atoms with Gasteiger partial charge in [-0.2, -0.15) is 0 Å². The molecule has 2 aliphatic heterocycles. The number of ether oxygens (including phenoxy) is 6. The second-order valence-electron chi connectivity index (χ2n) is 11.3. The van der Waals surface area contributed by atoms with E-state index in [2.05, 4.69) is 5.32 Å². The molecule has 47 heavy (non-hydrogen) atoms. The zero-order valence-corrected chi connectivity index (χ0v) is 25.9. The maximum Gasteiger partial charge on any atom is 0.412 e. The summed E-state index contributed by atoms with van der Waals surface area (Å²) in [7, 11) is 0. The minimum Gasteiger partial charge on any atom is -0.480 e. The Bertz CT molecular complexity index is 1530. The fourth-order valence-corrected chi connectivity index (χ4v) is 6.29. The smallest absolute Gasteiger partial charge is 0.412 e. The number of amides is 2. The molecule has 2 heterocycles. The molecule has 2 fully saturated rings. The summed E-state index contributed by atoms with van der Waals surface area (Å²) in [5.41, 5.74) is 3.95. The maximum atomic E-state index is 13.0. The lowest BCUT2D eigenvalue weighted by Crippen LogP contribution is -2.69. The van der Waals surface area contributed by atoms with Gasteiger partial charge in [-0.3, -0.25) is 19.3 Å². The summed E-state index contributed by atoms with van der Waals surface area (Å²) >= 11 is 0. The van der Waals surface area contributed by atoms with Crippen molar-refractivity contribution >= 4 is 36.1 Å². The van der Waals surface area contributed by atoms with Crippen LogP contribution in [0.25, 0.3) is 11.1 Å². The molecule has 2 saturated heterocycles. The molecule has 5 rings (SSSR count). The first kappa shape index (κ1) is 33.2. The van der Waals surface area contributed by atoms with Crippen molar-refractivity contribution in [3.63, 3.8) is 0 Å². The van der Waals surface area contributed by atoms with Gasteiger partial charge in [-0.15, -0.1) is 0 Å². The number of carboxylic acid groups (broad SMARTS) is 1. The SMILES string of the molecule is CC(=O)O[C@@H]1[C@@H](OC(C)=O)[C@@H](O[C@H](C)[C@H](NC(=O)OCC2c3ccccc3-c3ccccc32)C(=O)O)N2C(=O)OC[C@@H]2[C@H]1OC(C)=O. The van der Waals surface area contributed by atoms with Gasteiger partial charge in [-0.1, -0.05) is 48.5 Å². The van der Waals surface area contributed by atoms with E-state index >= 15 is 0 Å². The van der Waals surface area contributed by atoms with Crippen LogP contribution in [0.5, 0.6) is 0 Å². The Morgan fingerprint density at radius 2 is 1.40 bits per heavy atom. The summed E-state index contributed by atoms with van der Waals surface area (Å²) in [6, 6.07) is 12.6. The molecule has 1 aliphatic carbocycles. The minimum atomic E-state index is -1.72. The Hall–Kier alpha value is -5.18. The first-order valence-electron chi connectivity index (χ1n) is 14.8. The predicted molar refractivity (Wildman–Crippen MR) is 158 cm³/mol. The molecule has 250 valence electrons. The number of hydrogen-bond acceptors (Lipinski definition) is 12. The highest BCUT2D eigenvalue weighted by atomic mass is 16.6. The number of benzene rings is 2. The van der Waals surface area contributed by atoms with Crippen molar-refractivity contribution in [2.45, 2.75) is 76.3 Å². The van der Waals surface area contributed by atoms with Gasteiger partial charge in [0.15, 0.2) is 30.6 Å². The third-order valence-electron chi connectivity index (χ3n) is 8.14. The molecule has 0 radical (unpaired) electrons. The Morgan fingerprint density at radius 1 is 0.872 bits per heavy atom. The van der Waals surface area contributed by atoms with Crippen molar-refractivity contribution in [3.05, 3.63) is 59.7 Å². The van der Waals surface area contributed by atoms with E-state index < -0.39 is 78.8 Å². The molecule has 0 saturated carbocycles. The first-order valence-corrected chi connectivity index (χ1v) is 14.8. The molecular formula is C32H34N2O13. The average Bonchev–Trinajstić information content (AvgIpc) is 3.55. The Labute approximate surface area is 269 Å². The van der Waals surface area contributed by atoms with Crippen molar-refractivity contribution in [3.8, 4) is 11.1 Å². The third-order valence-corrected chi connectivity index (χ3v) is 8.14. The Kier molecular flexibility index (Phi) is 9.65. The molecule has 2 amide bonds. The van der Waals surface area contributed by atoms with E-state index in [1.54, 1.807) is 0 Å². The number of carboxylic acids is 1. The zero-order chi connectivity index (χ0) is 34.0. The number of cyclic esters (lactones) is 1. The van der Waals surface area contributed by atoms with Crippen LogP contribution in [0.1, 0.15) is 44.7 Å². The van der Waals surface area contributed by atoms with E-state index in [4.69, 9.17) is 28.4 Å². The lowest BCUT2D eigenvalue weighted by molar-refractivity contribution is -0.247. The summed E-state index contributed by atoms with van der Waals surface area (Å²) in [6.07, 6.45) is -9.35. The molecule has 2 aromatic rings. The molecule has 15 heteroatoms. The zero-order valence-electron chi connectivity index (χ0n) is 25.9. The van der Waals surface area contributed by atoms with Crippen molar-refractivity contribution in [2.75, 3.05) is 13.2 Å². The number of alkyl carbamates (subject to hydrolysis) is 1. The normalized spacial score (nSPS) is 24.0. The number of nitrogens with zero attached hydrogens (tertiary/aromatic N) is 1. The van der Waals surface area contributed by atoms with Crippen LogP contribution in [0.15, 0.2) is 48.5 Å². The topological polar surface area (TPSA) is 193 Å². The van der Waals surface area contributed by atoms with Gasteiger partial charge in [0.2, 0.25) is 0 Å². The van der Waals surface area contributed by atoms with Crippen LogP contribution < -0.4 is 5.32 Å². The van der Waals surface area contributed by atoms with E-state index in [0.717, 1.165) is 47.9 Å². The van der Waals surface area contributed by atoms with Crippen molar-refractivity contribution in [1.82, 2.24) is 10.2 Å². The molecule has 0 unspecified atom stereocenters. The number of nitrogens with one attached hydrogen (secondary N) is 1. The highest BCUT2D eigenvalue weighted by Crippen LogP contribution is 2.44. The van der Waals surface area contributed by atoms with Gasteiger partial charge in [-0.25, -0.2) is 14.4 Å². The molecule has 0 spiro atoms. The van der Waals surface area contributed by atoms with Gasteiger partial charge in [-0.05, 0) is 29.2 Å². The number of piperidine rings is 1. The van der Waals surface area contributed by atoms with Crippen LogP contribution in [0, 0.1) is 0 Å². The second-order valence-corrected chi connectivity index (χ2v) is 11.3.